The zero-order chi connectivity index (χ0) is 17.5. The van der Waals surface area contributed by atoms with Gasteiger partial charge >= 0.3 is 0 Å². The predicted molar refractivity (Wildman–Crippen MR) is 98.1 cm³/mol. The Balaban J connectivity index is 1.61. The van der Waals surface area contributed by atoms with Crippen molar-refractivity contribution in [1.82, 2.24) is 25.0 Å². The van der Waals surface area contributed by atoms with Crippen LogP contribution >= 0.6 is 0 Å². The van der Waals surface area contributed by atoms with Gasteiger partial charge in [-0.1, -0.05) is 12.1 Å². The highest BCUT2D eigenvalue weighted by Gasteiger charge is 2.20. The molecule has 0 radical (unpaired) electrons. The number of pyridine rings is 1. The Bertz CT molecular complexity index is 1080. The third kappa shape index (κ3) is 2.52. The normalized spacial score (nSPS) is 15.7. The molecule has 0 atom stereocenters. The number of aryl methyl sites for hydroxylation is 1. The number of hydrogen-bond donors (Lipinski definition) is 1. The van der Waals surface area contributed by atoms with Crippen molar-refractivity contribution in [3.8, 4) is 17.1 Å². The molecule has 0 saturated carbocycles. The molecule has 1 aliphatic heterocycles. The lowest BCUT2D eigenvalue weighted by molar-refractivity contribution is 0.0244. The molecule has 7 nitrogen and oxygen atoms in total. The van der Waals surface area contributed by atoms with Gasteiger partial charge in [-0.2, -0.15) is 10.2 Å². The molecular weight excluding hydrogens is 330 g/mol. The molecule has 26 heavy (non-hydrogen) atoms. The van der Waals surface area contributed by atoms with E-state index in [4.69, 9.17) is 9.47 Å². The van der Waals surface area contributed by atoms with E-state index in [1.165, 1.54) is 0 Å². The molecule has 1 fully saturated rings. The van der Waals surface area contributed by atoms with Crippen LogP contribution in [0.25, 0.3) is 33.1 Å². The van der Waals surface area contributed by atoms with Crippen molar-refractivity contribution in [2.75, 3.05) is 13.2 Å². The first-order valence-electron chi connectivity index (χ1n) is 8.79. The van der Waals surface area contributed by atoms with E-state index in [1.54, 1.807) is 6.20 Å². The van der Waals surface area contributed by atoms with Crippen molar-refractivity contribution in [2.24, 2.45) is 7.05 Å². The van der Waals surface area contributed by atoms with Gasteiger partial charge in [0, 0.05) is 37.0 Å². The molecule has 5 rings (SSSR count). The second-order valence-electron chi connectivity index (χ2n) is 6.58. The van der Waals surface area contributed by atoms with Gasteiger partial charge in [0.1, 0.15) is 11.8 Å². The van der Waals surface area contributed by atoms with Crippen LogP contribution in [-0.4, -0.2) is 44.3 Å². The van der Waals surface area contributed by atoms with Crippen LogP contribution in [-0.2, 0) is 11.8 Å². The predicted octanol–water partition coefficient (Wildman–Crippen LogP) is 3.07. The van der Waals surface area contributed by atoms with Gasteiger partial charge in [-0.05, 0) is 12.1 Å². The van der Waals surface area contributed by atoms with E-state index in [0.717, 1.165) is 59.1 Å². The van der Waals surface area contributed by atoms with Crippen molar-refractivity contribution in [1.29, 1.82) is 0 Å². The summed E-state index contributed by atoms with van der Waals surface area (Å²) in [5, 5.41) is 14.0. The maximum atomic E-state index is 6.22. The lowest BCUT2D eigenvalue weighted by atomic mass is 10.1. The number of rotatable bonds is 3. The second kappa shape index (κ2) is 6.10. The molecule has 0 bridgehead atoms. The molecule has 1 saturated heterocycles. The molecule has 4 heterocycles. The van der Waals surface area contributed by atoms with Crippen molar-refractivity contribution >= 4 is 21.8 Å². The van der Waals surface area contributed by atoms with Crippen molar-refractivity contribution < 1.29 is 9.47 Å². The fourth-order valence-corrected chi connectivity index (χ4v) is 3.48. The summed E-state index contributed by atoms with van der Waals surface area (Å²) < 4.78 is 13.5. The highest BCUT2D eigenvalue weighted by molar-refractivity contribution is 5.98. The van der Waals surface area contributed by atoms with Gasteiger partial charge in [-0.25, -0.2) is 4.98 Å². The minimum atomic E-state index is 0.129. The molecule has 0 unspecified atom stereocenters. The van der Waals surface area contributed by atoms with E-state index in [0.29, 0.717) is 5.88 Å². The molecule has 3 aromatic heterocycles. The Morgan fingerprint density at radius 1 is 1.23 bits per heavy atom. The lowest BCUT2D eigenvalue weighted by Crippen LogP contribution is -2.26. The van der Waals surface area contributed by atoms with Crippen molar-refractivity contribution in [3.63, 3.8) is 0 Å². The number of hydrogen-bond acceptors (Lipinski definition) is 5. The van der Waals surface area contributed by atoms with Crippen LogP contribution < -0.4 is 4.74 Å². The van der Waals surface area contributed by atoms with Crippen LogP contribution in [0.1, 0.15) is 12.8 Å². The summed E-state index contributed by atoms with van der Waals surface area (Å²) in [4.78, 5) is 4.49. The summed E-state index contributed by atoms with van der Waals surface area (Å²) in [6.07, 6.45) is 5.51. The smallest absolute Gasteiger partial charge is 0.225 e. The quantitative estimate of drug-likeness (QED) is 0.615. The lowest BCUT2D eigenvalue weighted by Gasteiger charge is -2.23. The molecular formula is C19H19N5O2. The van der Waals surface area contributed by atoms with E-state index in [1.807, 2.05) is 24.0 Å². The number of nitrogens with zero attached hydrogens (tertiary/aromatic N) is 4. The Morgan fingerprint density at radius 3 is 3.00 bits per heavy atom. The Kier molecular flexibility index (Phi) is 3.60. The van der Waals surface area contributed by atoms with E-state index in [-0.39, 0.29) is 6.10 Å². The van der Waals surface area contributed by atoms with Crippen LogP contribution in [0.4, 0.5) is 0 Å². The van der Waals surface area contributed by atoms with Crippen molar-refractivity contribution in [3.05, 3.63) is 36.7 Å². The Hall–Kier alpha value is -2.93. The van der Waals surface area contributed by atoms with Crippen LogP contribution in [0.2, 0.25) is 0 Å². The highest BCUT2D eigenvalue weighted by Crippen LogP contribution is 2.34. The fourth-order valence-electron chi connectivity index (χ4n) is 3.48. The van der Waals surface area contributed by atoms with Gasteiger partial charge in [0.15, 0.2) is 0 Å². The summed E-state index contributed by atoms with van der Waals surface area (Å²) in [5.74, 6) is 0.628. The number of nitrogens with one attached hydrogen (secondary N) is 1. The first-order chi connectivity index (χ1) is 12.8. The van der Waals surface area contributed by atoms with E-state index >= 15 is 0 Å². The molecule has 7 heteroatoms. The van der Waals surface area contributed by atoms with Gasteiger partial charge < -0.3 is 9.47 Å². The third-order valence-electron chi connectivity index (χ3n) is 4.91. The summed E-state index contributed by atoms with van der Waals surface area (Å²) >= 11 is 0. The number of ether oxygens (including phenoxy) is 2. The van der Waals surface area contributed by atoms with E-state index in [2.05, 4.69) is 38.5 Å². The minimum Gasteiger partial charge on any atom is -0.474 e. The van der Waals surface area contributed by atoms with E-state index < -0.39 is 0 Å². The number of aromatic nitrogens is 5. The number of aromatic amines is 1. The summed E-state index contributed by atoms with van der Waals surface area (Å²) in [7, 11) is 1.94. The average molecular weight is 349 g/mol. The van der Waals surface area contributed by atoms with Gasteiger partial charge in [0.25, 0.3) is 0 Å². The molecule has 1 N–H and O–H groups in total. The number of H-pyrrole nitrogens is 1. The monoisotopic (exact) mass is 349 g/mol. The first-order valence-corrected chi connectivity index (χ1v) is 8.79. The molecule has 0 spiro atoms. The molecule has 0 amide bonds. The molecule has 1 aromatic carbocycles. The highest BCUT2D eigenvalue weighted by atomic mass is 16.5. The first kappa shape index (κ1) is 15.3. The zero-order valence-corrected chi connectivity index (χ0v) is 14.5. The van der Waals surface area contributed by atoms with Crippen molar-refractivity contribution in [2.45, 2.75) is 18.9 Å². The molecule has 132 valence electrons. The number of fused-ring (bicyclic) bond motifs is 2. The molecule has 4 aromatic rings. The third-order valence-corrected chi connectivity index (χ3v) is 4.91. The van der Waals surface area contributed by atoms with Crippen LogP contribution in [0, 0.1) is 0 Å². The largest absolute Gasteiger partial charge is 0.474 e. The standard InChI is InChI=1S/C19H19N5O2/c1-24-16-10-12(2-3-13(16)11-21-24)18-17-15(22-23-18)4-7-20-19(17)26-14-5-8-25-9-6-14/h2-4,7,10-11,14H,5-6,8-9H2,1H3,(H,22,23). The van der Waals surface area contributed by atoms with Crippen LogP contribution in [0.15, 0.2) is 36.7 Å². The van der Waals surface area contributed by atoms with Gasteiger partial charge in [-0.15, -0.1) is 0 Å². The van der Waals surface area contributed by atoms with Gasteiger partial charge in [-0.3, -0.25) is 9.78 Å². The van der Waals surface area contributed by atoms with Gasteiger partial charge in [0.2, 0.25) is 5.88 Å². The topological polar surface area (TPSA) is 77.9 Å². The maximum absolute atomic E-state index is 6.22. The Morgan fingerprint density at radius 2 is 2.12 bits per heavy atom. The maximum Gasteiger partial charge on any atom is 0.225 e. The fraction of sp³-hybridized carbons (Fsp3) is 0.316. The Labute approximate surface area is 149 Å². The summed E-state index contributed by atoms with van der Waals surface area (Å²) in [6, 6.07) is 8.15. The van der Waals surface area contributed by atoms with Crippen LogP contribution in [0.5, 0.6) is 5.88 Å². The van der Waals surface area contributed by atoms with Gasteiger partial charge in [0.05, 0.1) is 35.8 Å². The zero-order valence-electron chi connectivity index (χ0n) is 14.5. The van der Waals surface area contributed by atoms with Crippen LogP contribution in [0.3, 0.4) is 0 Å². The molecule has 0 aliphatic carbocycles. The number of benzene rings is 1. The minimum absolute atomic E-state index is 0.129. The SMILES string of the molecule is Cn1ncc2ccc(-c3n[nH]c4ccnc(OC5CCOCC5)c34)cc21. The molecule has 1 aliphatic rings. The summed E-state index contributed by atoms with van der Waals surface area (Å²) in [6.45, 7) is 1.46. The second-order valence-corrected chi connectivity index (χ2v) is 6.58. The van der Waals surface area contributed by atoms with E-state index in [9.17, 15) is 0 Å². The summed E-state index contributed by atoms with van der Waals surface area (Å²) in [5.41, 5.74) is 3.84. The average Bonchev–Trinajstić information content (AvgIpc) is 3.27.